The van der Waals surface area contributed by atoms with Gasteiger partial charge in [0.2, 0.25) is 10.0 Å². The Bertz CT molecular complexity index is 806. The second kappa shape index (κ2) is 6.13. The van der Waals surface area contributed by atoms with Gasteiger partial charge in [0.05, 0.1) is 12.0 Å². The van der Waals surface area contributed by atoms with Crippen LogP contribution in [0.15, 0.2) is 41.3 Å². The Labute approximate surface area is 138 Å². The summed E-state index contributed by atoms with van der Waals surface area (Å²) in [7, 11) is -1.81. The molecule has 0 radical (unpaired) electrons. The van der Waals surface area contributed by atoms with E-state index in [9.17, 15) is 8.42 Å². The van der Waals surface area contributed by atoms with Crippen LogP contribution in [0, 0.1) is 11.8 Å². The lowest BCUT2D eigenvalue weighted by molar-refractivity contribution is 0.222. The molecule has 2 aromatic rings. The number of hydrogen-bond donors (Lipinski definition) is 0. The molecule has 0 spiro atoms. The normalized spacial score (nSPS) is 23.1. The number of hydrogen-bond acceptors (Lipinski definition) is 3. The number of methoxy groups -OCH3 is 1. The summed E-state index contributed by atoms with van der Waals surface area (Å²) in [6.07, 6.45) is 1.09. The highest BCUT2D eigenvalue weighted by molar-refractivity contribution is 7.89. The molecule has 1 fully saturated rings. The summed E-state index contributed by atoms with van der Waals surface area (Å²) < 4.78 is 32.7. The third kappa shape index (κ3) is 3.21. The molecule has 5 heteroatoms. The van der Waals surface area contributed by atoms with Crippen LogP contribution in [0.1, 0.15) is 20.3 Å². The first-order valence-corrected chi connectivity index (χ1v) is 9.42. The van der Waals surface area contributed by atoms with Crippen LogP contribution < -0.4 is 4.74 Å². The lowest BCUT2D eigenvalue weighted by Gasteiger charge is -2.34. The molecule has 1 heterocycles. The fourth-order valence-corrected chi connectivity index (χ4v) is 5.16. The van der Waals surface area contributed by atoms with E-state index in [4.69, 9.17) is 4.74 Å². The van der Waals surface area contributed by atoms with Gasteiger partial charge in [0.15, 0.2) is 0 Å². The summed E-state index contributed by atoms with van der Waals surface area (Å²) in [5.74, 6) is 1.57. The number of sulfonamides is 1. The summed E-state index contributed by atoms with van der Waals surface area (Å²) in [6, 6.07) is 11.0. The highest BCUT2D eigenvalue weighted by Crippen LogP contribution is 2.29. The smallest absolute Gasteiger partial charge is 0.243 e. The van der Waals surface area contributed by atoms with Crippen molar-refractivity contribution >= 4 is 20.8 Å². The van der Waals surface area contributed by atoms with Gasteiger partial charge in [-0.1, -0.05) is 26.0 Å². The van der Waals surface area contributed by atoms with E-state index in [1.54, 1.807) is 23.5 Å². The Kier molecular flexibility index (Phi) is 4.34. The van der Waals surface area contributed by atoms with Crippen LogP contribution >= 0.6 is 0 Å². The number of rotatable bonds is 3. The lowest BCUT2D eigenvalue weighted by Crippen LogP contribution is -2.42. The minimum absolute atomic E-state index is 0.372. The number of nitrogens with zero attached hydrogens (tertiary/aromatic N) is 1. The van der Waals surface area contributed by atoms with Crippen LogP contribution in [0.25, 0.3) is 10.8 Å². The molecule has 1 saturated heterocycles. The molecule has 4 nitrogen and oxygen atoms in total. The zero-order valence-electron chi connectivity index (χ0n) is 13.8. The van der Waals surface area contributed by atoms with E-state index in [0.717, 1.165) is 22.9 Å². The van der Waals surface area contributed by atoms with Crippen molar-refractivity contribution in [2.45, 2.75) is 25.2 Å². The van der Waals surface area contributed by atoms with Crippen molar-refractivity contribution in [2.75, 3.05) is 20.2 Å². The molecule has 0 aliphatic carbocycles. The average Bonchev–Trinajstić information content (AvgIpc) is 2.52. The molecule has 2 atom stereocenters. The van der Waals surface area contributed by atoms with Crippen LogP contribution in [0.5, 0.6) is 5.75 Å². The summed E-state index contributed by atoms with van der Waals surface area (Å²) in [5.41, 5.74) is 0. The van der Waals surface area contributed by atoms with Crippen LogP contribution in [0.3, 0.4) is 0 Å². The Morgan fingerprint density at radius 3 is 2.26 bits per heavy atom. The van der Waals surface area contributed by atoms with Gasteiger partial charge in [-0.25, -0.2) is 8.42 Å². The number of fused-ring (bicyclic) bond motifs is 1. The van der Waals surface area contributed by atoms with Crippen LogP contribution in [0.4, 0.5) is 0 Å². The number of benzene rings is 2. The largest absolute Gasteiger partial charge is 0.497 e. The first-order valence-electron chi connectivity index (χ1n) is 7.98. The summed E-state index contributed by atoms with van der Waals surface area (Å²) in [6.45, 7) is 5.44. The quantitative estimate of drug-likeness (QED) is 0.863. The van der Waals surface area contributed by atoms with Crippen LogP contribution in [0.2, 0.25) is 0 Å². The predicted octanol–water partition coefficient (Wildman–Crippen LogP) is 3.52. The maximum Gasteiger partial charge on any atom is 0.243 e. The maximum atomic E-state index is 12.9. The average molecular weight is 333 g/mol. The van der Waals surface area contributed by atoms with Gasteiger partial charge in [-0.2, -0.15) is 4.31 Å². The van der Waals surface area contributed by atoms with Crippen molar-refractivity contribution in [1.29, 1.82) is 0 Å². The monoisotopic (exact) mass is 333 g/mol. The summed E-state index contributed by atoms with van der Waals surface area (Å²) in [5, 5.41) is 1.88. The van der Waals surface area contributed by atoms with Gasteiger partial charge in [-0.3, -0.25) is 0 Å². The van der Waals surface area contributed by atoms with Crippen molar-refractivity contribution in [2.24, 2.45) is 11.8 Å². The maximum absolute atomic E-state index is 12.9. The lowest BCUT2D eigenvalue weighted by atomic mass is 9.94. The van der Waals surface area contributed by atoms with E-state index in [1.165, 1.54) is 0 Å². The molecule has 0 N–H and O–H groups in total. The molecule has 3 rings (SSSR count). The molecule has 1 aliphatic heterocycles. The van der Waals surface area contributed by atoms with Crippen molar-refractivity contribution in [3.8, 4) is 5.75 Å². The predicted molar refractivity (Wildman–Crippen MR) is 92.2 cm³/mol. The molecule has 0 amide bonds. The van der Waals surface area contributed by atoms with E-state index in [1.807, 2.05) is 24.3 Å². The number of ether oxygens (including phenoxy) is 1. The van der Waals surface area contributed by atoms with Crippen molar-refractivity contribution in [3.05, 3.63) is 36.4 Å². The van der Waals surface area contributed by atoms with Gasteiger partial charge >= 0.3 is 0 Å². The van der Waals surface area contributed by atoms with E-state index >= 15 is 0 Å². The Morgan fingerprint density at radius 1 is 1.00 bits per heavy atom. The Balaban J connectivity index is 1.98. The van der Waals surface area contributed by atoms with Gasteiger partial charge in [0, 0.05) is 13.1 Å². The minimum atomic E-state index is -3.43. The SMILES string of the molecule is COc1ccc2cc(S(=O)(=O)N3C[C@H](C)C[C@@H](C)C3)ccc2c1. The molecule has 2 aromatic carbocycles. The molecule has 1 aliphatic rings. The van der Waals surface area contributed by atoms with Gasteiger partial charge in [0.25, 0.3) is 0 Å². The van der Waals surface area contributed by atoms with Crippen molar-refractivity contribution in [1.82, 2.24) is 4.31 Å². The van der Waals surface area contributed by atoms with Crippen LogP contribution in [-0.4, -0.2) is 32.9 Å². The second-order valence-electron chi connectivity index (χ2n) is 6.64. The first-order chi connectivity index (χ1) is 10.9. The van der Waals surface area contributed by atoms with Gasteiger partial charge in [0.1, 0.15) is 5.75 Å². The van der Waals surface area contributed by atoms with E-state index in [-0.39, 0.29) is 0 Å². The molecular formula is C18H23NO3S. The standard InChI is InChI=1S/C18H23NO3S/c1-13-8-14(2)12-19(11-13)23(20,21)18-7-5-15-9-17(22-3)6-4-16(15)10-18/h4-7,9-10,13-14H,8,11-12H2,1-3H3/t13-,14-/m1/s1. The Hall–Kier alpha value is -1.59. The Morgan fingerprint density at radius 2 is 1.61 bits per heavy atom. The summed E-state index contributed by atoms with van der Waals surface area (Å²) in [4.78, 5) is 0.372. The molecule has 0 saturated carbocycles. The highest BCUT2D eigenvalue weighted by atomic mass is 32.2. The zero-order chi connectivity index (χ0) is 16.6. The second-order valence-corrected chi connectivity index (χ2v) is 8.58. The molecule has 0 bridgehead atoms. The molecule has 124 valence electrons. The molecule has 23 heavy (non-hydrogen) atoms. The van der Waals surface area contributed by atoms with E-state index in [0.29, 0.717) is 29.8 Å². The first kappa shape index (κ1) is 16.3. The zero-order valence-corrected chi connectivity index (χ0v) is 14.6. The third-order valence-electron chi connectivity index (χ3n) is 4.49. The van der Waals surface area contributed by atoms with Gasteiger partial charge in [-0.15, -0.1) is 0 Å². The third-order valence-corrected chi connectivity index (χ3v) is 6.32. The summed E-state index contributed by atoms with van der Waals surface area (Å²) >= 11 is 0. The van der Waals surface area contributed by atoms with E-state index in [2.05, 4.69) is 13.8 Å². The fourth-order valence-electron chi connectivity index (χ4n) is 3.44. The van der Waals surface area contributed by atoms with Crippen LogP contribution in [-0.2, 0) is 10.0 Å². The molecule has 0 unspecified atom stereocenters. The molecule has 0 aromatic heterocycles. The van der Waals surface area contributed by atoms with E-state index < -0.39 is 10.0 Å². The fraction of sp³-hybridized carbons (Fsp3) is 0.444. The topological polar surface area (TPSA) is 46.6 Å². The van der Waals surface area contributed by atoms with Crippen molar-refractivity contribution < 1.29 is 13.2 Å². The van der Waals surface area contributed by atoms with Gasteiger partial charge < -0.3 is 4.74 Å². The van der Waals surface area contributed by atoms with Gasteiger partial charge in [-0.05, 0) is 53.3 Å². The molecular weight excluding hydrogens is 310 g/mol. The highest BCUT2D eigenvalue weighted by Gasteiger charge is 2.31. The number of piperidine rings is 1. The minimum Gasteiger partial charge on any atom is -0.497 e. The van der Waals surface area contributed by atoms with Crippen molar-refractivity contribution in [3.63, 3.8) is 0 Å².